The molecule has 16 heavy (non-hydrogen) atoms. The number of hydrogen-bond acceptors (Lipinski definition) is 4. The summed E-state index contributed by atoms with van der Waals surface area (Å²) < 4.78 is 23.9. The van der Waals surface area contributed by atoms with Gasteiger partial charge in [-0.3, -0.25) is 9.52 Å². The Bertz CT molecular complexity index is 366. The van der Waals surface area contributed by atoms with Crippen molar-refractivity contribution in [3.05, 3.63) is 0 Å². The van der Waals surface area contributed by atoms with Gasteiger partial charge in [0.1, 0.15) is 0 Å². The van der Waals surface area contributed by atoms with E-state index in [0.717, 1.165) is 25.5 Å². The van der Waals surface area contributed by atoms with Crippen molar-refractivity contribution in [2.75, 3.05) is 6.26 Å². The smallest absolute Gasteiger partial charge is 0.250 e. The zero-order valence-corrected chi connectivity index (χ0v) is 10.2. The third-order valence-electron chi connectivity index (χ3n) is 3.47. The number of carbonyl (C=O) groups is 1. The molecule has 0 spiro atoms. The second-order valence-electron chi connectivity index (χ2n) is 4.84. The van der Waals surface area contributed by atoms with Gasteiger partial charge in [0.05, 0.1) is 12.3 Å². The monoisotopic (exact) mass is 246 g/mol. The second kappa shape index (κ2) is 4.33. The second-order valence-corrected chi connectivity index (χ2v) is 6.59. The molecule has 1 heterocycles. The van der Waals surface area contributed by atoms with Gasteiger partial charge in [-0.15, -0.1) is 0 Å². The minimum absolute atomic E-state index is 0.331. The Hall–Kier alpha value is -0.620. The van der Waals surface area contributed by atoms with Gasteiger partial charge < -0.3 is 5.32 Å². The zero-order chi connectivity index (χ0) is 11.8. The molecule has 2 fully saturated rings. The van der Waals surface area contributed by atoms with Gasteiger partial charge in [-0.05, 0) is 25.2 Å². The Labute approximate surface area is 96.0 Å². The summed E-state index contributed by atoms with van der Waals surface area (Å²) in [5.74, 6) is 0.140. The van der Waals surface area contributed by atoms with Crippen LogP contribution in [0.2, 0.25) is 0 Å². The summed E-state index contributed by atoms with van der Waals surface area (Å²) in [6.07, 6.45) is 6.46. The normalized spacial score (nSPS) is 34.4. The number of amides is 1. The fourth-order valence-electron chi connectivity index (χ4n) is 2.77. The van der Waals surface area contributed by atoms with E-state index >= 15 is 0 Å². The number of fused-ring (bicyclic) bond motifs is 1. The standard InChI is InChI=1S/C10H18N2O3S/c1-16(14,15)12-10(13)9-6-7-4-2-3-5-8(7)11-9/h7-9,11H,2-6H2,1H3,(H,12,13)/t7?,8-,9?/m0/s1. The highest BCUT2D eigenvalue weighted by atomic mass is 32.2. The van der Waals surface area contributed by atoms with Crippen LogP contribution in [0.5, 0.6) is 0 Å². The highest BCUT2D eigenvalue weighted by molar-refractivity contribution is 7.89. The van der Waals surface area contributed by atoms with Crippen LogP contribution in [-0.4, -0.2) is 32.7 Å². The molecule has 1 aliphatic heterocycles. The summed E-state index contributed by atoms with van der Waals surface area (Å²) in [4.78, 5) is 11.7. The molecule has 1 amide bonds. The summed E-state index contributed by atoms with van der Waals surface area (Å²) in [5.41, 5.74) is 0. The van der Waals surface area contributed by atoms with Gasteiger partial charge in [0.2, 0.25) is 10.0 Å². The zero-order valence-electron chi connectivity index (χ0n) is 9.40. The van der Waals surface area contributed by atoms with Crippen LogP contribution >= 0.6 is 0 Å². The molecule has 0 radical (unpaired) electrons. The molecule has 0 bridgehead atoms. The molecule has 1 saturated carbocycles. The lowest BCUT2D eigenvalue weighted by atomic mass is 9.85. The maximum atomic E-state index is 11.7. The highest BCUT2D eigenvalue weighted by Gasteiger charge is 2.38. The predicted octanol–water partition coefficient (Wildman–Crippen LogP) is -0.0171. The maximum absolute atomic E-state index is 11.7. The van der Waals surface area contributed by atoms with Gasteiger partial charge in [0.25, 0.3) is 5.91 Å². The van der Waals surface area contributed by atoms with Crippen LogP contribution in [0.15, 0.2) is 0 Å². The van der Waals surface area contributed by atoms with E-state index in [2.05, 4.69) is 5.32 Å². The van der Waals surface area contributed by atoms with Gasteiger partial charge in [0, 0.05) is 6.04 Å². The van der Waals surface area contributed by atoms with Crippen molar-refractivity contribution in [2.24, 2.45) is 5.92 Å². The van der Waals surface area contributed by atoms with E-state index in [-0.39, 0.29) is 6.04 Å². The molecule has 0 aromatic heterocycles. The lowest BCUT2D eigenvalue weighted by Gasteiger charge is -2.24. The minimum atomic E-state index is -3.43. The lowest BCUT2D eigenvalue weighted by Crippen LogP contribution is -2.44. The van der Waals surface area contributed by atoms with Crippen molar-refractivity contribution >= 4 is 15.9 Å². The largest absolute Gasteiger partial charge is 0.303 e. The van der Waals surface area contributed by atoms with Crippen molar-refractivity contribution in [3.63, 3.8) is 0 Å². The summed E-state index contributed by atoms with van der Waals surface area (Å²) in [6, 6.07) is 0.0758. The summed E-state index contributed by atoms with van der Waals surface area (Å²) in [6.45, 7) is 0. The van der Waals surface area contributed by atoms with Crippen molar-refractivity contribution < 1.29 is 13.2 Å². The molecule has 6 heteroatoms. The molecule has 2 aliphatic rings. The molecule has 0 aromatic carbocycles. The lowest BCUT2D eigenvalue weighted by molar-refractivity contribution is -0.121. The molecule has 5 nitrogen and oxygen atoms in total. The van der Waals surface area contributed by atoms with E-state index in [1.807, 2.05) is 4.72 Å². The number of rotatable bonds is 2. The first-order valence-electron chi connectivity index (χ1n) is 5.73. The van der Waals surface area contributed by atoms with Crippen LogP contribution in [0.1, 0.15) is 32.1 Å². The van der Waals surface area contributed by atoms with E-state index in [0.29, 0.717) is 12.0 Å². The van der Waals surface area contributed by atoms with Gasteiger partial charge >= 0.3 is 0 Å². The Morgan fingerprint density at radius 2 is 2.00 bits per heavy atom. The third-order valence-corrected chi connectivity index (χ3v) is 4.04. The first-order chi connectivity index (χ1) is 7.46. The number of carbonyl (C=O) groups excluding carboxylic acids is 1. The molecule has 3 atom stereocenters. The summed E-state index contributed by atoms with van der Waals surface area (Å²) in [5, 5.41) is 3.24. The summed E-state index contributed by atoms with van der Waals surface area (Å²) in [7, 11) is -3.43. The van der Waals surface area contributed by atoms with Crippen molar-refractivity contribution in [1.82, 2.24) is 10.0 Å². The third kappa shape index (κ3) is 2.74. The molecule has 2 unspecified atom stereocenters. The van der Waals surface area contributed by atoms with Crippen LogP contribution in [0.3, 0.4) is 0 Å². The van der Waals surface area contributed by atoms with Gasteiger partial charge in [-0.2, -0.15) is 0 Å². The predicted molar refractivity (Wildman–Crippen MR) is 60.3 cm³/mol. The van der Waals surface area contributed by atoms with Crippen LogP contribution in [0.25, 0.3) is 0 Å². The SMILES string of the molecule is CS(=O)(=O)NC(=O)C1CC2CCCC[C@@H]2N1. The summed E-state index contributed by atoms with van der Waals surface area (Å²) >= 11 is 0. The molecule has 2 N–H and O–H groups in total. The van der Waals surface area contributed by atoms with Crippen molar-refractivity contribution in [3.8, 4) is 0 Å². The van der Waals surface area contributed by atoms with E-state index < -0.39 is 15.9 Å². The van der Waals surface area contributed by atoms with Gasteiger partial charge in [-0.25, -0.2) is 8.42 Å². The van der Waals surface area contributed by atoms with E-state index in [4.69, 9.17) is 0 Å². The number of hydrogen-bond donors (Lipinski definition) is 2. The molecular formula is C10H18N2O3S. The Morgan fingerprint density at radius 3 is 2.62 bits per heavy atom. The first kappa shape index (κ1) is 11.9. The molecule has 2 rings (SSSR count). The van der Waals surface area contributed by atoms with E-state index in [9.17, 15) is 13.2 Å². The molecular weight excluding hydrogens is 228 g/mol. The van der Waals surface area contributed by atoms with E-state index in [1.165, 1.54) is 12.8 Å². The Morgan fingerprint density at radius 1 is 1.31 bits per heavy atom. The van der Waals surface area contributed by atoms with Crippen LogP contribution < -0.4 is 10.0 Å². The maximum Gasteiger partial charge on any atom is 0.250 e. The van der Waals surface area contributed by atoms with Crippen LogP contribution in [0, 0.1) is 5.92 Å². The topological polar surface area (TPSA) is 75.3 Å². The van der Waals surface area contributed by atoms with Crippen LogP contribution in [0.4, 0.5) is 0 Å². The first-order valence-corrected chi connectivity index (χ1v) is 7.62. The quantitative estimate of drug-likeness (QED) is 0.718. The van der Waals surface area contributed by atoms with Crippen molar-refractivity contribution in [2.45, 2.75) is 44.2 Å². The fraction of sp³-hybridized carbons (Fsp3) is 0.900. The Balaban J connectivity index is 1.95. The average Bonchev–Trinajstić information content (AvgIpc) is 2.58. The highest BCUT2D eigenvalue weighted by Crippen LogP contribution is 2.33. The van der Waals surface area contributed by atoms with Gasteiger partial charge in [-0.1, -0.05) is 12.8 Å². The molecule has 1 aliphatic carbocycles. The van der Waals surface area contributed by atoms with Crippen LogP contribution in [-0.2, 0) is 14.8 Å². The van der Waals surface area contributed by atoms with E-state index in [1.54, 1.807) is 0 Å². The van der Waals surface area contributed by atoms with Gasteiger partial charge in [0.15, 0.2) is 0 Å². The average molecular weight is 246 g/mol. The number of nitrogens with one attached hydrogen (secondary N) is 2. The molecule has 1 saturated heterocycles. The fourth-order valence-corrected chi connectivity index (χ4v) is 3.28. The number of sulfonamides is 1. The molecule has 0 aromatic rings. The van der Waals surface area contributed by atoms with Crippen molar-refractivity contribution in [1.29, 1.82) is 0 Å². The Kier molecular flexibility index (Phi) is 3.21. The molecule has 92 valence electrons. The minimum Gasteiger partial charge on any atom is -0.303 e.